The van der Waals surface area contributed by atoms with Gasteiger partial charge in [0.2, 0.25) is 11.8 Å². The van der Waals surface area contributed by atoms with Crippen molar-refractivity contribution in [3.05, 3.63) is 114 Å². The summed E-state index contributed by atoms with van der Waals surface area (Å²) in [6.07, 6.45) is 0.232. The molecular formula is C37H43N3O7S. The quantitative estimate of drug-likeness (QED) is 0.170. The summed E-state index contributed by atoms with van der Waals surface area (Å²) < 4.78 is 46.2. The van der Waals surface area contributed by atoms with E-state index in [1.165, 1.54) is 37.3 Å². The van der Waals surface area contributed by atoms with E-state index in [9.17, 15) is 18.0 Å². The molecule has 4 rings (SSSR count). The zero-order valence-corrected chi connectivity index (χ0v) is 28.8. The molecule has 0 saturated carbocycles. The van der Waals surface area contributed by atoms with Gasteiger partial charge in [0.15, 0.2) is 11.5 Å². The number of hydrogen-bond acceptors (Lipinski definition) is 7. The maximum atomic E-state index is 14.6. The molecule has 254 valence electrons. The van der Waals surface area contributed by atoms with Gasteiger partial charge in [-0.2, -0.15) is 0 Å². The van der Waals surface area contributed by atoms with Gasteiger partial charge < -0.3 is 24.4 Å². The number of hydrogen-bond donors (Lipinski definition) is 1. The van der Waals surface area contributed by atoms with Crippen molar-refractivity contribution in [3.8, 4) is 17.2 Å². The second kappa shape index (κ2) is 16.7. The Labute approximate surface area is 283 Å². The highest BCUT2D eigenvalue weighted by molar-refractivity contribution is 7.92. The van der Waals surface area contributed by atoms with Crippen molar-refractivity contribution in [3.63, 3.8) is 0 Å². The number of anilines is 1. The maximum absolute atomic E-state index is 14.6. The second-order valence-electron chi connectivity index (χ2n) is 11.1. The highest BCUT2D eigenvalue weighted by Gasteiger charge is 2.35. The van der Waals surface area contributed by atoms with Crippen LogP contribution in [0.2, 0.25) is 0 Å². The highest BCUT2D eigenvalue weighted by Crippen LogP contribution is 2.33. The Morgan fingerprint density at radius 3 is 2.12 bits per heavy atom. The molecule has 48 heavy (non-hydrogen) atoms. The second-order valence-corrected chi connectivity index (χ2v) is 12.9. The van der Waals surface area contributed by atoms with Gasteiger partial charge in [-0.25, -0.2) is 8.42 Å². The summed E-state index contributed by atoms with van der Waals surface area (Å²) in [7, 11) is -1.48. The Morgan fingerprint density at radius 2 is 1.50 bits per heavy atom. The first kappa shape index (κ1) is 35.8. The average Bonchev–Trinajstić information content (AvgIpc) is 3.09. The predicted molar refractivity (Wildman–Crippen MR) is 186 cm³/mol. The zero-order chi connectivity index (χ0) is 34.7. The first-order chi connectivity index (χ1) is 23.1. The Morgan fingerprint density at radius 1 is 0.812 bits per heavy atom. The van der Waals surface area contributed by atoms with Gasteiger partial charge in [0.25, 0.3) is 10.0 Å². The van der Waals surface area contributed by atoms with Crippen molar-refractivity contribution in [2.75, 3.05) is 38.2 Å². The fraction of sp³-hybridized carbons (Fsp3) is 0.297. The van der Waals surface area contributed by atoms with E-state index >= 15 is 0 Å². The lowest BCUT2D eigenvalue weighted by Gasteiger charge is -2.34. The molecule has 1 N–H and O–H groups in total. The Hall–Kier alpha value is -5.03. The number of rotatable bonds is 16. The fourth-order valence-corrected chi connectivity index (χ4v) is 6.79. The van der Waals surface area contributed by atoms with Crippen LogP contribution in [0.4, 0.5) is 5.69 Å². The number of methoxy groups -OCH3 is 2. The van der Waals surface area contributed by atoms with E-state index in [0.29, 0.717) is 24.7 Å². The zero-order valence-electron chi connectivity index (χ0n) is 28.0. The number of sulfonamides is 1. The van der Waals surface area contributed by atoms with E-state index in [-0.39, 0.29) is 35.2 Å². The number of likely N-dealkylation sites (N-methyl/N-ethyl adjacent to an activating group) is 1. The third kappa shape index (κ3) is 8.86. The Bertz CT molecular complexity index is 1780. The van der Waals surface area contributed by atoms with E-state index in [0.717, 1.165) is 21.0 Å². The molecule has 0 aliphatic rings. The van der Waals surface area contributed by atoms with Crippen molar-refractivity contribution >= 4 is 27.5 Å². The van der Waals surface area contributed by atoms with Gasteiger partial charge in [0, 0.05) is 25.6 Å². The predicted octanol–water partition coefficient (Wildman–Crippen LogP) is 5.38. The molecule has 0 bridgehead atoms. The standard InChI is InChI=1S/C37H43N3O7S/c1-6-38-37(42)33(23-28-13-9-8-10-14-28)39(25-29-15-11-12-27(3)22-29)36(41)26-40(30-16-18-31(19-17-30)47-7-2)48(43,44)32-20-21-34(45-4)35(24-32)46-5/h8-22,24,33H,6-7,23,25-26H2,1-5H3,(H,38,42). The molecule has 11 heteroatoms. The topological polar surface area (TPSA) is 114 Å². The number of ether oxygens (including phenoxy) is 3. The van der Waals surface area contributed by atoms with Crippen LogP contribution in [0.3, 0.4) is 0 Å². The van der Waals surface area contributed by atoms with Gasteiger partial charge in [-0.05, 0) is 68.3 Å². The van der Waals surface area contributed by atoms with Gasteiger partial charge >= 0.3 is 0 Å². The normalized spacial score (nSPS) is 11.7. The van der Waals surface area contributed by atoms with E-state index < -0.39 is 28.5 Å². The summed E-state index contributed by atoms with van der Waals surface area (Å²) in [5.74, 6) is 0.238. The number of amides is 2. The van der Waals surface area contributed by atoms with Crippen LogP contribution < -0.4 is 23.8 Å². The third-order valence-corrected chi connectivity index (χ3v) is 9.48. The van der Waals surface area contributed by atoms with Crippen LogP contribution in [0.25, 0.3) is 0 Å². The van der Waals surface area contributed by atoms with E-state index in [1.54, 1.807) is 24.3 Å². The SMILES string of the molecule is CCNC(=O)C(Cc1ccccc1)N(Cc1cccc(C)c1)C(=O)CN(c1ccc(OCC)cc1)S(=O)(=O)c1ccc(OC)c(OC)c1. The molecule has 0 aliphatic carbocycles. The Balaban J connectivity index is 1.82. The summed E-state index contributed by atoms with van der Waals surface area (Å²) in [5.41, 5.74) is 2.90. The van der Waals surface area contributed by atoms with Gasteiger partial charge in [-0.15, -0.1) is 0 Å². The van der Waals surface area contributed by atoms with Crippen LogP contribution in [0.15, 0.2) is 102 Å². The van der Waals surface area contributed by atoms with Crippen molar-refractivity contribution in [2.45, 2.75) is 44.7 Å². The molecule has 10 nitrogen and oxygen atoms in total. The number of carbonyl (C=O) groups excluding carboxylic acids is 2. The van der Waals surface area contributed by atoms with Crippen LogP contribution in [-0.2, 0) is 32.6 Å². The molecule has 0 spiro atoms. The number of aryl methyl sites for hydroxylation is 1. The first-order valence-corrected chi connectivity index (χ1v) is 17.2. The lowest BCUT2D eigenvalue weighted by Crippen LogP contribution is -2.53. The number of nitrogens with one attached hydrogen (secondary N) is 1. The minimum atomic E-state index is -4.35. The number of benzene rings is 4. The molecule has 4 aromatic carbocycles. The molecule has 1 atom stereocenters. The molecule has 0 heterocycles. The van der Waals surface area contributed by atoms with Crippen molar-refractivity contribution in [2.24, 2.45) is 0 Å². The third-order valence-electron chi connectivity index (χ3n) is 7.72. The summed E-state index contributed by atoms with van der Waals surface area (Å²) in [6, 6.07) is 26.9. The minimum absolute atomic E-state index is 0.0860. The molecule has 4 aromatic rings. The molecule has 0 aliphatic heterocycles. The van der Waals surface area contributed by atoms with Crippen LogP contribution in [0.5, 0.6) is 17.2 Å². The van der Waals surface area contributed by atoms with E-state index in [1.807, 2.05) is 75.4 Å². The minimum Gasteiger partial charge on any atom is -0.494 e. The summed E-state index contributed by atoms with van der Waals surface area (Å²) in [4.78, 5) is 29.6. The molecule has 0 saturated heterocycles. The average molecular weight is 674 g/mol. The highest BCUT2D eigenvalue weighted by atomic mass is 32.2. The molecule has 0 aromatic heterocycles. The molecule has 1 unspecified atom stereocenters. The van der Waals surface area contributed by atoms with Crippen LogP contribution in [0, 0.1) is 6.92 Å². The first-order valence-electron chi connectivity index (χ1n) is 15.8. The van der Waals surface area contributed by atoms with Gasteiger partial charge in [0.05, 0.1) is 31.4 Å². The monoisotopic (exact) mass is 673 g/mol. The lowest BCUT2D eigenvalue weighted by atomic mass is 10.0. The molecular weight excluding hydrogens is 630 g/mol. The number of nitrogens with zero attached hydrogens (tertiary/aromatic N) is 2. The maximum Gasteiger partial charge on any atom is 0.264 e. The smallest absolute Gasteiger partial charge is 0.264 e. The van der Waals surface area contributed by atoms with Crippen LogP contribution >= 0.6 is 0 Å². The van der Waals surface area contributed by atoms with Crippen molar-refractivity contribution < 1.29 is 32.2 Å². The van der Waals surface area contributed by atoms with Gasteiger partial charge in [-0.3, -0.25) is 13.9 Å². The fourth-order valence-electron chi connectivity index (χ4n) is 5.36. The van der Waals surface area contributed by atoms with E-state index in [4.69, 9.17) is 14.2 Å². The van der Waals surface area contributed by atoms with Crippen molar-refractivity contribution in [1.82, 2.24) is 10.2 Å². The van der Waals surface area contributed by atoms with Crippen molar-refractivity contribution in [1.29, 1.82) is 0 Å². The van der Waals surface area contributed by atoms with Gasteiger partial charge in [-0.1, -0.05) is 60.2 Å². The van der Waals surface area contributed by atoms with Gasteiger partial charge in [0.1, 0.15) is 18.3 Å². The summed E-state index contributed by atoms with van der Waals surface area (Å²) >= 11 is 0. The van der Waals surface area contributed by atoms with Crippen LogP contribution in [0.1, 0.15) is 30.5 Å². The van der Waals surface area contributed by atoms with E-state index in [2.05, 4.69) is 5.32 Å². The summed E-state index contributed by atoms with van der Waals surface area (Å²) in [6.45, 7) is 5.91. The number of carbonyl (C=O) groups is 2. The largest absolute Gasteiger partial charge is 0.494 e. The summed E-state index contributed by atoms with van der Waals surface area (Å²) in [5, 5.41) is 2.88. The Kier molecular flexibility index (Phi) is 12.5. The molecule has 0 fully saturated rings. The van der Waals surface area contributed by atoms with Crippen LogP contribution in [-0.4, -0.2) is 65.1 Å². The molecule has 0 radical (unpaired) electrons. The lowest BCUT2D eigenvalue weighted by molar-refractivity contribution is -0.140. The molecule has 2 amide bonds.